The highest BCUT2D eigenvalue weighted by atomic mass is 16.6. The van der Waals surface area contributed by atoms with Gasteiger partial charge in [0.25, 0.3) is 0 Å². The molecule has 3 rings (SSSR count). The largest absolute Gasteiger partial charge is 0.458 e. The molecule has 0 bridgehead atoms. The third-order valence-electron chi connectivity index (χ3n) is 5.11. The number of aliphatic hydroxyl groups excluding tert-OH is 1. The zero-order valence-electron chi connectivity index (χ0n) is 15.4. The van der Waals surface area contributed by atoms with Crippen molar-refractivity contribution in [1.82, 2.24) is 0 Å². The lowest BCUT2D eigenvalue weighted by Crippen LogP contribution is -2.61. The third-order valence-corrected chi connectivity index (χ3v) is 5.11. The first kappa shape index (κ1) is 18.6. The molecule has 1 aliphatic rings. The van der Waals surface area contributed by atoms with Crippen molar-refractivity contribution in [3.63, 3.8) is 0 Å². The second-order valence-corrected chi connectivity index (χ2v) is 7.84. The van der Waals surface area contributed by atoms with Crippen molar-refractivity contribution in [2.45, 2.75) is 57.0 Å². The molecule has 3 N–H and O–H groups in total. The molecule has 0 radical (unpaired) electrons. The maximum absolute atomic E-state index is 12.7. The van der Waals surface area contributed by atoms with Gasteiger partial charge in [-0.2, -0.15) is 0 Å². The summed E-state index contributed by atoms with van der Waals surface area (Å²) in [6.07, 6.45) is -0.255. The lowest BCUT2D eigenvalue weighted by molar-refractivity contribution is -0.261. The van der Waals surface area contributed by atoms with E-state index in [-0.39, 0.29) is 17.7 Å². The summed E-state index contributed by atoms with van der Waals surface area (Å²) < 4.78 is 11.3. The average molecular weight is 360 g/mol. The standard InChI is InChI=1S/C20H24O6/c1-6-19(5)10-20(24,17(22)18(3,4)23)26-15-13-11(2)8-7-9-12(13)25-16(21)14(15)19/h6-9,17,22-24H,1,10H2,2-5H3. The zero-order chi connectivity index (χ0) is 19.5. The number of fused-ring (bicyclic) bond motifs is 3. The molecule has 0 spiro atoms. The fraction of sp³-hybridized carbons (Fsp3) is 0.450. The Balaban J connectivity index is 2.38. The molecule has 3 unspecified atom stereocenters. The van der Waals surface area contributed by atoms with Crippen LogP contribution >= 0.6 is 0 Å². The molecular weight excluding hydrogens is 336 g/mol. The Morgan fingerprint density at radius 3 is 2.62 bits per heavy atom. The van der Waals surface area contributed by atoms with Crippen molar-refractivity contribution < 1.29 is 24.5 Å². The predicted octanol–water partition coefficient (Wildman–Crippen LogP) is 2.15. The Kier molecular flexibility index (Phi) is 4.07. The molecule has 0 saturated heterocycles. The smallest absolute Gasteiger partial charge is 0.344 e. The Morgan fingerprint density at radius 2 is 2.04 bits per heavy atom. The summed E-state index contributed by atoms with van der Waals surface area (Å²) >= 11 is 0. The molecule has 6 nitrogen and oxygen atoms in total. The minimum absolute atomic E-state index is 0.147. The van der Waals surface area contributed by atoms with Crippen LogP contribution in [0.1, 0.15) is 38.3 Å². The van der Waals surface area contributed by atoms with E-state index in [2.05, 4.69) is 6.58 Å². The normalized spacial score (nSPS) is 26.9. The highest BCUT2D eigenvalue weighted by Crippen LogP contribution is 2.48. The lowest BCUT2D eigenvalue weighted by Gasteiger charge is -2.47. The number of aryl methyl sites for hydroxylation is 1. The quantitative estimate of drug-likeness (QED) is 0.573. The number of ether oxygens (including phenoxy) is 1. The first-order valence-corrected chi connectivity index (χ1v) is 8.45. The summed E-state index contributed by atoms with van der Waals surface area (Å²) in [4.78, 5) is 12.7. The van der Waals surface area contributed by atoms with E-state index in [0.717, 1.165) is 5.56 Å². The van der Waals surface area contributed by atoms with Gasteiger partial charge in [0.2, 0.25) is 5.79 Å². The van der Waals surface area contributed by atoms with E-state index in [0.29, 0.717) is 11.0 Å². The summed E-state index contributed by atoms with van der Waals surface area (Å²) in [7, 11) is 0. The van der Waals surface area contributed by atoms with Gasteiger partial charge in [0.05, 0.1) is 16.6 Å². The number of rotatable bonds is 3. The van der Waals surface area contributed by atoms with Gasteiger partial charge in [-0.15, -0.1) is 6.58 Å². The number of aliphatic hydroxyl groups is 3. The van der Waals surface area contributed by atoms with Gasteiger partial charge in [0.1, 0.15) is 17.4 Å². The van der Waals surface area contributed by atoms with Crippen molar-refractivity contribution in [2.75, 3.05) is 0 Å². The molecule has 1 aromatic carbocycles. The lowest BCUT2D eigenvalue weighted by atomic mass is 9.72. The van der Waals surface area contributed by atoms with Gasteiger partial charge < -0.3 is 24.5 Å². The topological polar surface area (TPSA) is 100 Å². The first-order valence-electron chi connectivity index (χ1n) is 8.45. The van der Waals surface area contributed by atoms with Crippen LogP contribution in [-0.2, 0) is 5.41 Å². The second kappa shape index (κ2) is 5.67. The Hall–Kier alpha value is -2.15. The molecule has 0 aliphatic carbocycles. The van der Waals surface area contributed by atoms with Gasteiger partial charge in [-0.25, -0.2) is 4.79 Å². The highest BCUT2D eigenvalue weighted by Gasteiger charge is 2.55. The van der Waals surface area contributed by atoms with Crippen LogP contribution in [-0.4, -0.2) is 32.8 Å². The summed E-state index contributed by atoms with van der Waals surface area (Å²) in [6, 6.07) is 5.22. The third kappa shape index (κ3) is 2.65. The molecule has 1 aliphatic heterocycles. The van der Waals surface area contributed by atoms with Crippen LogP contribution in [0.4, 0.5) is 0 Å². The van der Waals surface area contributed by atoms with Crippen LogP contribution in [0.15, 0.2) is 40.1 Å². The van der Waals surface area contributed by atoms with Crippen molar-refractivity contribution in [3.05, 3.63) is 52.4 Å². The molecule has 0 amide bonds. The molecule has 26 heavy (non-hydrogen) atoms. The van der Waals surface area contributed by atoms with Crippen molar-refractivity contribution in [2.24, 2.45) is 0 Å². The number of allylic oxidation sites excluding steroid dienone is 1. The van der Waals surface area contributed by atoms with E-state index in [1.165, 1.54) is 19.9 Å². The first-order chi connectivity index (χ1) is 11.9. The van der Waals surface area contributed by atoms with Crippen molar-refractivity contribution in [1.29, 1.82) is 0 Å². The van der Waals surface area contributed by atoms with Gasteiger partial charge in [-0.1, -0.05) is 25.1 Å². The van der Waals surface area contributed by atoms with E-state index in [4.69, 9.17) is 9.15 Å². The van der Waals surface area contributed by atoms with Gasteiger partial charge >= 0.3 is 5.63 Å². The highest BCUT2D eigenvalue weighted by molar-refractivity contribution is 5.88. The van der Waals surface area contributed by atoms with Crippen LogP contribution in [0.5, 0.6) is 5.75 Å². The fourth-order valence-corrected chi connectivity index (χ4v) is 3.69. The minimum atomic E-state index is -2.11. The van der Waals surface area contributed by atoms with Crippen molar-refractivity contribution >= 4 is 11.0 Å². The Morgan fingerprint density at radius 1 is 1.38 bits per heavy atom. The van der Waals surface area contributed by atoms with Gasteiger partial charge in [-0.3, -0.25) is 0 Å². The maximum Gasteiger partial charge on any atom is 0.344 e. The summed E-state index contributed by atoms with van der Waals surface area (Å²) in [5, 5.41) is 32.4. The van der Waals surface area contributed by atoms with Crippen LogP contribution in [0.3, 0.4) is 0 Å². The number of hydrogen-bond donors (Lipinski definition) is 3. The number of hydrogen-bond acceptors (Lipinski definition) is 6. The van der Waals surface area contributed by atoms with E-state index >= 15 is 0 Å². The Bertz CT molecular complexity index is 938. The molecule has 3 atom stereocenters. The van der Waals surface area contributed by atoms with Gasteiger partial charge in [0.15, 0.2) is 0 Å². The molecule has 140 valence electrons. The van der Waals surface area contributed by atoms with E-state index < -0.39 is 28.5 Å². The van der Waals surface area contributed by atoms with Gasteiger partial charge in [0, 0.05) is 11.8 Å². The average Bonchev–Trinajstić information content (AvgIpc) is 2.52. The van der Waals surface area contributed by atoms with Crippen LogP contribution in [0.2, 0.25) is 0 Å². The summed E-state index contributed by atoms with van der Waals surface area (Å²) in [5.74, 6) is -1.97. The van der Waals surface area contributed by atoms with Gasteiger partial charge in [-0.05, 0) is 32.4 Å². The van der Waals surface area contributed by atoms with E-state index in [1.807, 2.05) is 13.0 Å². The van der Waals surface area contributed by atoms with Crippen LogP contribution in [0.25, 0.3) is 11.0 Å². The minimum Gasteiger partial charge on any atom is -0.458 e. The molecule has 2 aromatic rings. The second-order valence-electron chi connectivity index (χ2n) is 7.84. The molecule has 2 heterocycles. The SMILES string of the molecule is C=CC1(C)CC(O)(C(O)C(C)(C)O)Oc2c1c(=O)oc1cccc(C)c21. The predicted molar refractivity (Wildman–Crippen MR) is 97.3 cm³/mol. The molecule has 6 heteroatoms. The Labute approximate surface area is 151 Å². The molecular formula is C20H24O6. The van der Waals surface area contributed by atoms with E-state index in [9.17, 15) is 20.1 Å². The van der Waals surface area contributed by atoms with Crippen molar-refractivity contribution in [3.8, 4) is 5.75 Å². The fourth-order valence-electron chi connectivity index (χ4n) is 3.69. The van der Waals surface area contributed by atoms with E-state index in [1.54, 1.807) is 19.1 Å². The zero-order valence-corrected chi connectivity index (χ0v) is 15.4. The monoisotopic (exact) mass is 360 g/mol. The summed E-state index contributed by atoms with van der Waals surface area (Å²) in [5.41, 5.74) is -1.88. The molecule has 0 saturated carbocycles. The van der Waals surface area contributed by atoms with Crippen LogP contribution < -0.4 is 10.4 Å². The summed E-state index contributed by atoms with van der Waals surface area (Å²) in [6.45, 7) is 10.1. The number of benzene rings is 1. The van der Waals surface area contributed by atoms with Crippen LogP contribution in [0, 0.1) is 6.92 Å². The molecule has 1 aromatic heterocycles. The molecule has 0 fully saturated rings. The maximum atomic E-state index is 12.7.